The zero-order valence-electron chi connectivity index (χ0n) is 18.5. The molecule has 11 heteroatoms. The molecule has 2 N–H and O–H groups in total. The van der Waals surface area contributed by atoms with Crippen LogP contribution in [0.1, 0.15) is 22.4 Å². The molecule has 0 radical (unpaired) electrons. The lowest BCUT2D eigenvalue weighted by Gasteiger charge is -2.33. The van der Waals surface area contributed by atoms with E-state index >= 15 is 0 Å². The Bertz CT molecular complexity index is 992. The number of aryl methyl sites for hydroxylation is 1. The van der Waals surface area contributed by atoms with Crippen molar-refractivity contribution in [1.82, 2.24) is 19.8 Å². The highest BCUT2D eigenvalue weighted by Crippen LogP contribution is 2.25. The lowest BCUT2D eigenvalue weighted by molar-refractivity contribution is -0.117. The van der Waals surface area contributed by atoms with Gasteiger partial charge in [-0.2, -0.15) is 0 Å². The molecule has 2 aromatic heterocycles. The summed E-state index contributed by atoms with van der Waals surface area (Å²) in [5.41, 5.74) is 0.833. The number of piperazine rings is 1. The first-order valence-corrected chi connectivity index (χ1v) is 11.8. The molecule has 1 aliphatic rings. The molecule has 1 aliphatic heterocycles. The van der Waals surface area contributed by atoms with Gasteiger partial charge in [0.05, 0.1) is 24.2 Å². The lowest BCUT2D eigenvalue weighted by atomic mass is 10.3. The molecule has 0 spiro atoms. The van der Waals surface area contributed by atoms with Crippen LogP contribution in [-0.4, -0.2) is 71.4 Å². The number of carbonyl (C=O) groups excluding carboxylic acids is 2. The smallest absolute Gasteiger partial charge is 0.240 e. The van der Waals surface area contributed by atoms with Crippen LogP contribution in [0.15, 0.2) is 24.6 Å². The Kier molecular flexibility index (Phi) is 8.51. The molecule has 2 amide bonds. The number of hydrogen-bond acceptors (Lipinski definition) is 9. The number of aromatic nitrogens is 2. The van der Waals surface area contributed by atoms with E-state index in [4.69, 9.17) is 4.74 Å². The van der Waals surface area contributed by atoms with E-state index in [-0.39, 0.29) is 11.8 Å². The Morgan fingerprint density at radius 1 is 1.19 bits per heavy atom. The highest BCUT2D eigenvalue weighted by Gasteiger charge is 2.20. The van der Waals surface area contributed by atoms with Crippen molar-refractivity contribution >= 4 is 50.8 Å². The van der Waals surface area contributed by atoms with E-state index < -0.39 is 0 Å². The van der Waals surface area contributed by atoms with Gasteiger partial charge in [0.2, 0.25) is 11.8 Å². The van der Waals surface area contributed by atoms with Crippen LogP contribution in [-0.2, 0) is 20.9 Å². The monoisotopic (exact) mass is 476 g/mol. The molecule has 2 aromatic rings. The van der Waals surface area contributed by atoms with Gasteiger partial charge in [-0.25, -0.2) is 9.97 Å². The third-order valence-electron chi connectivity index (χ3n) is 4.84. The van der Waals surface area contributed by atoms with Gasteiger partial charge in [0.15, 0.2) is 10.3 Å². The standard InChI is InChI=1S/C21H28N6O3S2/c1-5-16(30-4)10-18-14(2)23-21(32-18)25-19(29)13-27-8-6-26(7-9-27)12-17-11-22-20(31-17)24-15(3)28/h5,10-11H,1,6-9,12-13H2,2-4H3,(H,22,24,28)(H,23,25,29)/b16-10+. The van der Waals surface area contributed by atoms with Crippen LogP contribution in [0.3, 0.4) is 0 Å². The van der Waals surface area contributed by atoms with Gasteiger partial charge in [-0.05, 0) is 19.1 Å². The van der Waals surface area contributed by atoms with Crippen LogP contribution in [0.25, 0.3) is 6.08 Å². The van der Waals surface area contributed by atoms with E-state index in [1.54, 1.807) is 19.4 Å². The van der Waals surface area contributed by atoms with Gasteiger partial charge >= 0.3 is 0 Å². The Morgan fingerprint density at radius 3 is 2.56 bits per heavy atom. The minimum Gasteiger partial charge on any atom is -0.497 e. The van der Waals surface area contributed by atoms with E-state index in [0.717, 1.165) is 48.2 Å². The summed E-state index contributed by atoms with van der Waals surface area (Å²) < 4.78 is 5.22. The lowest BCUT2D eigenvalue weighted by Crippen LogP contribution is -2.48. The number of allylic oxidation sites excluding steroid dienone is 1. The molecule has 3 heterocycles. The molecular weight excluding hydrogens is 448 g/mol. The topological polar surface area (TPSA) is 99.7 Å². The number of carbonyl (C=O) groups is 2. The summed E-state index contributed by atoms with van der Waals surface area (Å²) in [5.74, 6) is 0.466. The zero-order valence-corrected chi connectivity index (χ0v) is 20.1. The van der Waals surface area contributed by atoms with Gasteiger partial charge in [0, 0.05) is 50.7 Å². The van der Waals surface area contributed by atoms with Crippen molar-refractivity contribution in [2.75, 3.05) is 50.5 Å². The summed E-state index contributed by atoms with van der Waals surface area (Å²) >= 11 is 2.90. The highest BCUT2D eigenvalue weighted by atomic mass is 32.1. The largest absolute Gasteiger partial charge is 0.497 e. The molecule has 9 nitrogen and oxygen atoms in total. The summed E-state index contributed by atoms with van der Waals surface area (Å²) in [4.78, 5) is 38.8. The first-order chi connectivity index (χ1) is 15.4. The van der Waals surface area contributed by atoms with Crippen molar-refractivity contribution in [1.29, 1.82) is 0 Å². The SMILES string of the molecule is C=C/C(=C\c1sc(NC(=O)CN2CCN(Cc3cnc(NC(C)=O)s3)CC2)nc1C)OC. The summed E-state index contributed by atoms with van der Waals surface area (Å²) in [6, 6.07) is 0. The van der Waals surface area contributed by atoms with E-state index in [9.17, 15) is 9.59 Å². The molecule has 0 unspecified atom stereocenters. The first kappa shape index (κ1) is 24.1. The number of hydrogen-bond donors (Lipinski definition) is 2. The fourth-order valence-corrected chi connectivity index (χ4v) is 5.03. The quantitative estimate of drug-likeness (QED) is 0.424. The number of amides is 2. The van der Waals surface area contributed by atoms with Crippen molar-refractivity contribution in [2.45, 2.75) is 20.4 Å². The maximum atomic E-state index is 12.5. The molecule has 0 bridgehead atoms. The van der Waals surface area contributed by atoms with Gasteiger partial charge < -0.3 is 15.4 Å². The van der Waals surface area contributed by atoms with Crippen LogP contribution in [0.5, 0.6) is 0 Å². The van der Waals surface area contributed by atoms with Gasteiger partial charge in [0.25, 0.3) is 0 Å². The fourth-order valence-electron chi connectivity index (χ4n) is 3.20. The van der Waals surface area contributed by atoms with Crippen molar-refractivity contribution in [2.24, 2.45) is 0 Å². The molecule has 32 heavy (non-hydrogen) atoms. The maximum Gasteiger partial charge on any atom is 0.240 e. The van der Waals surface area contributed by atoms with Crippen molar-refractivity contribution in [3.8, 4) is 0 Å². The van der Waals surface area contributed by atoms with Crippen LogP contribution < -0.4 is 10.6 Å². The third-order valence-corrected chi connectivity index (χ3v) is 6.75. The van der Waals surface area contributed by atoms with Gasteiger partial charge in [-0.1, -0.05) is 17.9 Å². The van der Waals surface area contributed by atoms with E-state index in [2.05, 4.69) is 37.0 Å². The summed E-state index contributed by atoms with van der Waals surface area (Å²) in [6.45, 7) is 11.6. The Morgan fingerprint density at radius 2 is 1.91 bits per heavy atom. The average Bonchev–Trinajstić information content (AvgIpc) is 3.32. The van der Waals surface area contributed by atoms with Gasteiger partial charge in [-0.3, -0.25) is 19.4 Å². The molecule has 0 aromatic carbocycles. The summed E-state index contributed by atoms with van der Waals surface area (Å²) in [7, 11) is 1.59. The number of rotatable bonds is 9. The highest BCUT2D eigenvalue weighted by molar-refractivity contribution is 7.16. The molecule has 0 aliphatic carbocycles. The zero-order chi connectivity index (χ0) is 23.1. The molecular formula is C21H28N6O3S2. The van der Waals surface area contributed by atoms with Crippen LogP contribution in [0.4, 0.5) is 10.3 Å². The minimum atomic E-state index is -0.116. The average molecular weight is 477 g/mol. The second-order valence-corrected chi connectivity index (χ2v) is 9.48. The number of methoxy groups -OCH3 is 1. The van der Waals surface area contributed by atoms with Crippen LogP contribution in [0.2, 0.25) is 0 Å². The van der Waals surface area contributed by atoms with E-state index in [1.807, 2.05) is 13.0 Å². The number of ether oxygens (including phenoxy) is 1. The normalized spacial score (nSPS) is 15.4. The summed E-state index contributed by atoms with van der Waals surface area (Å²) in [6.07, 6.45) is 5.30. The number of nitrogens with one attached hydrogen (secondary N) is 2. The maximum absolute atomic E-state index is 12.5. The minimum absolute atomic E-state index is 0.0687. The van der Waals surface area contributed by atoms with Crippen molar-refractivity contribution in [3.63, 3.8) is 0 Å². The fraction of sp³-hybridized carbons (Fsp3) is 0.429. The predicted molar refractivity (Wildman–Crippen MR) is 129 cm³/mol. The number of nitrogens with zero attached hydrogens (tertiary/aromatic N) is 4. The molecule has 1 saturated heterocycles. The van der Waals surface area contributed by atoms with Crippen molar-refractivity contribution in [3.05, 3.63) is 40.1 Å². The Labute approximate surface area is 195 Å². The summed E-state index contributed by atoms with van der Waals surface area (Å²) in [5, 5.41) is 6.82. The van der Waals surface area contributed by atoms with Gasteiger partial charge in [0.1, 0.15) is 5.76 Å². The molecule has 1 fully saturated rings. The Balaban J connectivity index is 1.44. The number of anilines is 2. The molecule has 3 rings (SSSR count). The second kappa shape index (κ2) is 11.3. The predicted octanol–water partition coefficient (Wildman–Crippen LogP) is 2.80. The van der Waals surface area contributed by atoms with E-state index in [0.29, 0.717) is 22.6 Å². The van der Waals surface area contributed by atoms with E-state index in [1.165, 1.54) is 29.6 Å². The Hall–Kier alpha value is -2.60. The van der Waals surface area contributed by atoms with Gasteiger partial charge in [-0.15, -0.1) is 11.3 Å². The van der Waals surface area contributed by atoms with Crippen LogP contribution >= 0.6 is 22.7 Å². The molecule has 0 atom stereocenters. The van der Waals surface area contributed by atoms with Crippen LogP contribution in [0, 0.1) is 6.92 Å². The molecule has 0 saturated carbocycles. The third kappa shape index (κ3) is 6.95. The van der Waals surface area contributed by atoms with Crippen molar-refractivity contribution < 1.29 is 14.3 Å². The second-order valence-electron chi connectivity index (χ2n) is 7.34. The number of thiazole rings is 2. The first-order valence-electron chi connectivity index (χ1n) is 10.2. The molecule has 172 valence electrons.